The topological polar surface area (TPSA) is 0 Å². The number of alkyl halides is 2. The molecule has 1 rings (SSSR count). The first-order valence-electron chi connectivity index (χ1n) is 5.60. The Morgan fingerprint density at radius 1 is 0.938 bits per heavy atom. The first-order chi connectivity index (χ1) is 7.37. The van der Waals surface area contributed by atoms with Crippen molar-refractivity contribution < 1.29 is 0 Å². The lowest BCUT2D eigenvalue weighted by Gasteiger charge is -2.21. The quantitative estimate of drug-likeness (QED) is 0.665. The SMILES string of the molecule is Cc1cc(CCl)c(CC(C)(C)C)cc1CCl. The molecule has 0 aromatic heterocycles. The Balaban J connectivity index is 3.15. The first kappa shape index (κ1) is 13.9. The fraction of sp³-hybridized carbons (Fsp3) is 0.571. The third kappa shape index (κ3) is 3.68. The molecule has 0 radical (unpaired) electrons. The summed E-state index contributed by atoms with van der Waals surface area (Å²) < 4.78 is 0. The van der Waals surface area contributed by atoms with E-state index in [2.05, 4.69) is 39.8 Å². The van der Waals surface area contributed by atoms with E-state index in [0.29, 0.717) is 11.8 Å². The van der Waals surface area contributed by atoms with Crippen LogP contribution in [0.1, 0.15) is 43.0 Å². The maximum absolute atomic E-state index is 6.00. The van der Waals surface area contributed by atoms with Gasteiger partial charge in [0.05, 0.1) is 0 Å². The van der Waals surface area contributed by atoms with E-state index in [4.69, 9.17) is 23.2 Å². The molecule has 16 heavy (non-hydrogen) atoms. The summed E-state index contributed by atoms with van der Waals surface area (Å²) in [6.45, 7) is 8.82. The molecule has 0 saturated carbocycles. The third-order valence-corrected chi connectivity index (χ3v) is 3.24. The van der Waals surface area contributed by atoms with E-state index < -0.39 is 0 Å². The molecular weight excluding hydrogens is 239 g/mol. The van der Waals surface area contributed by atoms with Crippen molar-refractivity contribution in [3.05, 3.63) is 34.4 Å². The highest BCUT2D eigenvalue weighted by molar-refractivity contribution is 6.17. The summed E-state index contributed by atoms with van der Waals surface area (Å²) in [6.07, 6.45) is 1.04. The van der Waals surface area contributed by atoms with E-state index in [9.17, 15) is 0 Å². The molecule has 0 spiro atoms. The van der Waals surface area contributed by atoms with Crippen LogP contribution in [0.2, 0.25) is 0 Å². The highest BCUT2D eigenvalue weighted by Crippen LogP contribution is 2.27. The molecule has 0 amide bonds. The fourth-order valence-electron chi connectivity index (χ4n) is 1.87. The van der Waals surface area contributed by atoms with E-state index in [1.807, 2.05) is 0 Å². The Morgan fingerprint density at radius 2 is 1.50 bits per heavy atom. The van der Waals surface area contributed by atoms with Crippen LogP contribution >= 0.6 is 23.2 Å². The van der Waals surface area contributed by atoms with Gasteiger partial charge < -0.3 is 0 Å². The standard InChI is InChI=1S/C14H20Cl2/c1-10-5-13(9-16)11(6-12(10)8-15)7-14(2,3)4/h5-6H,7-9H2,1-4H3. The van der Waals surface area contributed by atoms with E-state index in [0.717, 1.165) is 6.42 Å². The van der Waals surface area contributed by atoms with Gasteiger partial charge in [0.15, 0.2) is 0 Å². The van der Waals surface area contributed by atoms with Gasteiger partial charge in [0.1, 0.15) is 0 Å². The summed E-state index contributed by atoms with van der Waals surface area (Å²) in [4.78, 5) is 0. The summed E-state index contributed by atoms with van der Waals surface area (Å²) >= 11 is 11.9. The molecule has 0 saturated heterocycles. The van der Waals surface area contributed by atoms with Gasteiger partial charge in [-0.15, -0.1) is 23.2 Å². The lowest BCUT2D eigenvalue weighted by molar-refractivity contribution is 0.410. The number of aryl methyl sites for hydroxylation is 1. The molecule has 0 bridgehead atoms. The van der Waals surface area contributed by atoms with Gasteiger partial charge in [-0.05, 0) is 41.0 Å². The van der Waals surface area contributed by atoms with E-state index in [1.165, 1.54) is 22.3 Å². The normalized spacial score (nSPS) is 11.9. The lowest BCUT2D eigenvalue weighted by atomic mass is 9.85. The highest BCUT2D eigenvalue weighted by Gasteiger charge is 2.15. The van der Waals surface area contributed by atoms with Crippen molar-refractivity contribution in [3.63, 3.8) is 0 Å². The molecule has 0 nitrogen and oxygen atoms in total. The minimum absolute atomic E-state index is 0.277. The summed E-state index contributed by atoms with van der Waals surface area (Å²) in [6, 6.07) is 4.39. The van der Waals surface area contributed by atoms with E-state index >= 15 is 0 Å². The summed E-state index contributed by atoms with van der Waals surface area (Å²) in [5, 5.41) is 0. The van der Waals surface area contributed by atoms with Crippen molar-refractivity contribution in [3.8, 4) is 0 Å². The molecule has 0 unspecified atom stereocenters. The van der Waals surface area contributed by atoms with Gasteiger partial charge in [0.25, 0.3) is 0 Å². The number of halogens is 2. The van der Waals surface area contributed by atoms with Crippen LogP contribution in [0.4, 0.5) is 0 Å². The van der Waals surface area contributed by atoms with Crippen molar-refractivity contribution in [2.75, 3.05) is 0 Å². The number of hydrogen-bond donors (Lipinski definition) is 0. The molecule has 1 aromatic carbocycles. The van der Waals surface area contributed by atoms with Gasteiger partial charge in [0, 0.05) is 11.8 Å². The number of rotatable bonds is 3. The average molecular weight is 259 g/mol. The van der Waals surface area contributed by atoms with E-state index in [1.54, 1.807) is 0 Å². The van der Waals surface area contributed by atoms with Crippen molar-refractivity contribution in [1.82, 2.24) is 0 Å². The maximum atomic E-state index is 6.00. The zero-order chi connectivity index (χ0) is 12.3. The summed E-state index contributed by atoms with van der Waals surface area (Å²) in [5.74, 6) is 1.15. The fourth-order valence-corrected chi connectivity index (χ4v) is 2.40. The van der Waals surface area contributed by atoms with Crippen molar-refractivity contribution in [1.29, 1.82) is 0 Å². The van der Waals surface area contributed by atoms with Crippen LogP contribution in [0.3, 0.4) is 0 Å². The average Bonchev–Trinajstić information content (AvgIpc) is 2.18. The van der Waals surface area contributed by atoms with Gasteiger partial charge in [-0.2, -0.15) is 0 Å². The largest absolute Gasteiger partial charge is 0.122 e. The molecule has 0 heterocycles. The van der Waals surface area contributed by atoms with Crippen LogP contribution in [0, 0.1) is 12.3 Å². The predicted octanol–water partition coefficient (Wildman–Crippen LogP) is 5.06. The smallest absolute Gasteiger partial charge is 0.0476 e. The second kappa shape index (κ2) is 5.42. The predicted molar refractivity (Wildman–Crippen MR) is 73.5 cm³/mol. The first-order valence-corrected chi connectivity index (χ1v) is 6.67. The Hall–Kier alpha value is -0.200. The van der Waals surface area contributed by atoms with Crippen molar-refractivity contribution in [2.45, 2.75) is 45.9 Å². The Kier molecular flexibility index (Phi) is 4.70. The lowest BCUT2D eigenvalue weighted by Crippen LogP contribution is -2.11. The molecule has 0 atom stereocenters. The van der Waals surface area contributed by atoms with Crippen LogP contribution in [0.25, 0.3) is 0 Å². The zero-order valence-electron chi connectivity index (χ0n) is 10.5. The van der Waals surface area contributed by atoms with Crippen LogP contribution in [-0.4, -0.2) is 0 Å². The maximum Gasteiger partial charge on any atom is 0.0476 e. The Labute approximate surface area is 109 Å². The van der Waals surface area contributed by atoms with Gasteiger partial charge in [-0.1, -0.05) is 32.9 Å². The molecule has 0 N–H and O–H groups in total. The van der Waals surface area contributed by atoms with Gasteiger partial charge in [-0.3, -0.25) is 0 Å². The van der Waals surface area contributed by atoms with Crippen molar-refractivity contribution >= 4 is 23.2 Å². The number of benzene rings is 1. The molecule has 2 heteroatoms. The van der Waals surface area contributed by atoms with Crippen molar-refractivity contribution in [2.24, 2.45) is 5.41 Å². The van der Waals surface area contributed by atoms with Gasteiger partial charge >= 0.3 is 0 Å². The summed E-state index contributed by atoms with van der Waals surface area (Å²) in [7, 11) is 0. The van der Waals surface area contributed by atoms with Crippen LogP contribution < -0.4 is 0 Å². The molecule has 0 aliphatic heterocycles. The van der Waals surface area contributed by atoms with Gasteiger partial charge in [0.2, 0.25) is 0 Å². The molecule has 0 fully saturated rings. The van der Waals surface area contributed by atoms with Crippen LogP contribution in [0.15, 0.2) is 12.1 Å². The summed E-state index contributed by atoms with van der Waals surface area (Å²) in [5.41, 5.74) is 5.31. The second-order valence-electron chi connectivity index (χ2n) is 5.55. The minimum Gasteiger partial charge on any atom is -0.122 e. The molecular formula is C14H20Cl2. The monoisotopic (exact) mass is 258 g/mol. The molecule has 90 valence electrons. The van der Waals surface area contributed by atoms with Gasteiger partial charge in [-0.25, -0.2) is 0 Å². The van der Waals surface area contributed by atoms with Crippen LogP contribution in [-0.2, 0) is 18.2 Å². The third-order valence-electron chi connectivity index (χ3n) is 2.67. The zero-order valence-corrected chi connectivity index (χ0v) is 12.0. The molecule has 0 aliphatic rings. The highest BCUT2D eigenvalue weighted by atomic mass is 35.5. The number of hydrogen-bond acceptors (Lipinski definition) is 0. The molecule has 0 aliphatic carbocycles. The Bertz CT molecular complexity index is 362. The Morgan fingerprint density at radius 3 is 1.94 bits per heavy atom. The van der Waals surface area contributed by atoms with E-state index in [-0.39, 0.29) is 5.41 Å². The minimum atomic E-state index is 0.277. The second-order valence-corrected chi connectivity index (χ2v) is 6.09. The van der Waals surface area contributed by atoms with Crippen LogP contribution in [0.5, 0.6) is 0 Å². The molecule has 1 aromatic rings.